The van der Waals surface area contributed by atoms with E-state index < -0.39 is 0 Å². The predicted molar refractivity (Wildman–Crippen MR) is 52.9 cm³/mol. The summed E-state index contributed by atoms with van der Waals surface area (Å²) in [5, 5.41) is 9.38. The van der Waals surface area contributed by atoms with E-state index in [-0.39, 0.29) is 12.0 Å². The molecule has 0 spiro atoms. The Balaban J connectivity index is 2.22. The SMILES string of the molecule is COCCCC(=O)N1CCC[C@H](O)C1. The van der Waals surface area contributed by atoms with Gasteiger partial charge >= 0.3 is 0 Å². The summed E-state index contributed by atoms with van der Waals surface area (Å²) in [6, 6.07) is 0. The molecule has 1 N–H and O–H groups in total. The van der Waals surface area contributed by atoms with Crippen molar-refractivity contribution in [2.75, 3.05) is 26.8 Å². The third-order valence-corrected chi connectivity index (χ3v) is 2.49. The van der Waals surface area contributed by atoms with E-state index in [1.807, 2.05) is 0 Å². The molecule has 82 valence electrons. The first-order valence-corrected chi connectivity index (χ1v) is 5.19. The molecule has 1 aliphatic heterocycles. The molecule has 0 aromatic carbocycles. The number of aliphatic hydroxyl groups excluding tert-OH is 1. The summed E-state index contributed by atoms with van der Waals surface area (Å²) in [7, 11) is 1.63. The minimum atomic E-state index is -0.324. The number of methoxy groups -OCH3 is 1. The first-order chi connectivity index (χ1) is 6.74. The van der Waals surface area contributed by atoms with Crippen molar-refractivity contribution < 1.29 is 14.6 Å². The molecule has 0 saturated carbocycles. The van der Waals surface area contributed by atoms with Crippen LogP contribution in [0.4, 0.5) is 0 Å². The van der Waals surface area contributed by atoms with Crippen molar-refractivity contribution in [3.05, 3.63) is 0 Å². The third-order valence-electron chi connectivity index (χ3n) is 2.49. The van der Waals surface area contributed by atoms with Gasteiger partial charge in [-0.15, -0.1) is 0 Å². The molecule has 4 nitrogen and oxygen atoms in total. The summed E-state index contributed by atoms with van der Waals surface area (Å²) < 4.78 is 4.88. The van der Waals surface area contributed by atoms with Crippen molar-refractivity contribution in [3.8, 4) is 0 Å². The number of likely N-dealkylation sites (tertiary alicyclic amines) is 1. The Morgan fingerprint density at radius 1 is 1.64 bits per heavy atom. The molecule has 0 aliphatic carbocycles. The van der Waals surface area contributed by atoms with E-state index in [0.29, 0.717) is 19.6 Å². The number of nitrogens with zero attached hydrogens (tertiary/aromatic N) is 1. The highest BCUT2D eigenvalue weighted by molar-refractivity contribution is 5.76. The summed E-state index contributed by atoms with van der Waals surface area (Å²) in [5.41, 5.74) is 0. The molecule has 1 heterocycles. The second kappa shape index (κ2) is 5.98. The van der Waals surface area contributed by atoms with Crippen LogP contribution >= 0.6 is 0 Å². The summed E-state index contributed by atoms with van der Waals surface area (Å²) >= 11 is 0. The van der Waals surface area contributed by atoms with Crippen molar-refractivity contribution >= 4 is 5.91 Å². The molecule has 14 heavy (non-hydrogen) atoms. The molecule has 1 aliphatic rings. The third kappa shape index (κ3) is 3.64. The molecule has 1 amide bonds. The van der Waals surface area contributed by atoms with E-state index in [1.54, 1.807) is 12.0 Å². The van der Waals surface area contributed by atoms with Gasteiger partial charge in [-0.05, 0) is 19.3 Å². The fourth-order valence-corrected chi connectivity index (χ4v) is 1.71. The monoisotopic (exact) mass is 201 g/mol. The maximum absolute atomic E-state index is 11.6. The van der Waals surface area contributed by atoms with E-state index in [0.717, 1.165) is 25.8 Å². The number of ether oxygens (including phenoxy) is 1. The van der Waals surface area contributed by atoms with Crippen LogP contribution < -0.4 is 0 Å². The van der Waals surface area contributed by atoms with Crippen molar-refractivity contribution in [2.45, 2.75) is 31.8 Å². The van der Waals surface area contributed by atoms with Crippen LogP contribution in [-0.4, -0.2) is 48.8 Å². The quantitative estimate of drug-likeness (QED) is 0.670. The molecule has 0 aromatic heterocycles. The maximum atomic E-state index is 11.6. The van der Waals surface area contributed by atoms with Crippen molar-refractivity contribution in [2.24, 2.45) is 0 Å². The van der Waals surface area contributed by atoms with Crippen LogP contribution in [0, 0.1) is 0 Å². The Morgan fingerprint density at radius 3 is 3.07 bits per heavy atom. The minimum absolute atomic E-state index is 0.140. The summed E-state index contributed by atoms with van der Waals surface area (Å²) in [6.07, 6.45) is 2.71. The first-order valence-electron chi connectivity index (χ1n) is 5.19. The fourth-order valence-electron chi connectivity index (χ4n) is 1.71. The van der Waals surface area contributed by atoms with E-state index >= 15 is 0 Å². The van der Waals surface area contributed by atoms with Gasteiger partial charge in [-0.25, -0.2) is 0 Å². The van der Waals surface area contributed by atoms with Crippen molar-refractivity contribution in [1.29, 1.82) is 0 Å². The van der Waals surface area contributed by atoms with Gasteiger partial charge in [0.15, 0.2) is 0 Å². The van der Waals surface area contributed by atoms with E-state index in [4.69, 9.17) is 4.74 Å². The Morgan fingerprint density at radius 2 is 2.43 bits per heavy atom. The lowest BCUT2D eigenvalue weighted by Gasteiger charge is -2.30. The van der Waals surface area contributed by atoms with Crippen LogP contribution in [0.1, 0.15) is 25.7 Å². The number of hydrogen-bond donors (Lipinski definition) is 1. The molecule has 0 aromatic rings. The molecule has 1 atom stereocenters. The summed E-state index contributed by atoms with van der Waals surface area (Å²) in [6.45, 7) is 1.93. The van der Waals surface area contributed by atoms with Crippen LogP contribution in [0.25, 0.3) is 0 Å². The molecule has 0 unspecified atom stereocenters. The van der Waals surface area contributed by atoms with Gasteiger partial charge in [-0.1, -0.05) is 0 Å². The van der Waals surface area contributed by atoms with Crippen LogP contribution in [0.5, 0.6) is 0 Å². The van der Waals surface area contributed by atoms with Gasteiger partial charge in [-0.2, -0.15) is 0 Å². The van der Waals surface area contributed by atoms with E-state index in [2.05, 4.69) is 0 Å². The van der Waals surface area contributed by atoms with Gasteiger partial charge < -0.3 is 14.7 Å². The Labute approximate surface area is 84.8 Å². The lowest BCUT2D eigenvalue weighted by Crippen LogP contribution is -2.42. The average molecular weight is 201 g/mol. The smallest absolute Gasteiger partial charge is 0.222 e. The van der Waals surface area contributed by atoms with Gasteiger partial charge in [0.05, 0.1) is 6.10 Å². The van der Waals surface area contributed by atoms with Crippen molar-refractivity contribution in [3.63, 3.8) is 0 Å². The van der Waals surface area contributed by atoms with Gasteiger partial charge in [0.1, 0.15) is 0 Å². The van der Waals surface area contributed by atoms with Gasteiger partial charge in [0, 0.05) is 33.2 Å². The Kier molecular flexibility index (Phi) is 4.90. The number of piperidine rings is 1. The van der Waals surface area contributed by atoms with Crippen LogP contribution in [-0.2, 0) is 9.53 Å². The molecular weight excluding hydrogens is 182 g/mol. The molecule has 4 heteroatoms. The number of aliphatic hydroxyl groups is 1. The zero-order chi connectivity index (χ0) is 10.4. The number of carbonyl (C=O) groups is 1. The normalized spacial score (nSPS) is 22.4. The standard InChI is InChI=1S/C10H19NO3/c1-14-7-3-5-10(13)11-6-2-4-9(12)8-11/h9,12H,2-8H2,1H3/t9-/m0/s1. The molecule has 0 radical (unpaired) electrons. The highest BCUT2D eigenvalue weighted by Crippen LogP contribution is 2.11. The predicted octanol–water partition coefficient (Wildman–Crippen LogP) is 0.396. The molecular formula is C10H19NO3. The molecule has 1 saturated heterocycles. The topological polar surface area (TPSA) is 49.8 Å². The van der Waals surface area contributed by atoms with Gasteiger partial charge in [0.25, 0.3) is 0 Å². The largest absolute Gasteiger partial charge is 0.391 e. The summed E-state index contributed by atoms with van der Waals surface area (Å²) in [4.78, 5) is 13.3. The Hall–Kier alpha value is -0.610. The zero-order valence-electron chi connectivity index (χ0n) is 8.74. The lowest BCUT2D eigenvalue weighted by molar-refractivity contribution is -0.134. The fraction of sp³-hybridized carbons (Fsp3) is 0.900. The number of hydrogen-bond acceptors (Lipinski definition) is 3. The second-order valence-corrected chi connectivity index (χ2v) is 3.73. The maximum Gasteiger partial charge on any atom is 0.222 e. The highest BCUT2D eigenvalue weighted by Gasteiger charge is 2.21. The molecule has 1 rings (SSSR count). The second-order valence-electron chi connectivity index (χ2n) is 3.73. The van der Waals surface area contributed by atoms with E-state index in [1.165, 1.54) is 0 Å². The lowest BCUT2D eigenvalue weighted by atomic mass is 10.1. The number of amides is 1. The number of β-amino-alcohol motifs (C(OH)–C–C–N with tert-alkyl or cyclic N) is 1. The van der Waals surface area contributed by atoms with Crippen LogP contribution in [0.2, 0.25) is 0 Å². The first kappa shape index (κ1) is 11.5. The minimum Gasteiger partial charge on any atom is -0.391 e. The van der Waals surface area contributed by atoms with Crippen molar-refractivity contribution in [1.82, 2.24) is 4.90 Å². The van der Waals surface area contributed by atoms with Gasteiger partial charge in [0.2, 0.25) is 5.91 Å². The highest BCUT2D eigenvalue weighted by atomic mass is 16.5. The van der Waals surface area contributed by atoms with Crippen LogP contribution in [0.3, 0.4) is 0 Å². The molecule has 0 bridgehead atoms. The number of rotatable bonds is 4. The Bertz CT molecular complexity index is 184. The van der Waals surface area contributed by atoms with Crippen LogP contribution in [0.15, 0.2) is 0 Å². The summed E-state index contributed by atoms with van der Waals surface area (Å²) in [5.74, 6) is 0.140. The zero-order valence-corrected chi connectivity index (χ0v) is 8.74. The molecule has 1 fully saturated rings. The average Bonchev–Trinajstić information content (AvgIpc) is 2.18. The number of carbonyl (C=O) groups excluding carboxylic acids is 1. The van der Waals surface area contributed by atoms with Gasteiger partial charge in [-0.3, -0.25) is 4.79 Å². The van der Waals surface area contributed by atoms with E-state index in [9.17, 15) is 9.90 Å².